The van der Waals surface area contributed by atoms with Gasteiger partial charge in [0.25, 0.3) is 5.91 Å². The van der Waals surface area contributed by atoms with E-state index in [1.807, 2.05) is 45.9 Å². The van der Waals surface area contributed by atoms with E-state index < -0.39 is 5.91 Å². The van der Waals surface area contributed by atoms with Crippen LogP contribution in [-0.4, -0.2) is 25.7 Å². The molecule has 0 aliphatic heterocycles. The van der Waals surface area contributed by atoms with E-state index in [2.05, 4.69) is 10.6 Å². The summed E-state index contributed by atoms with van der Waals surface area (Å²) in [5.41, 5.74) is 3.93. The second-order valence-corrected chi connectivity index (χ2v) is 5.40. The SMILES string of the molecule is CCOCCCN/C=C(/C#N)C(=O)Nc1c(C)cc(C)cc1C. The zero-order chi connectivity index (χ0) is 17.2. The van der Waals surface area contributed by atoms with E-state index in [1.165, 1.54) is 6.20 Å². The summed E-state index contributed by atoms with van der Waals surface area (Å²) in [5, 5.41) is 15.0. The summed E-state index contributed by atoms with van der Waals surface area (Å²) in [6, 6.07) is 5.94. The van der Waals surface area contributed by atoms with Crippen LogP contribution in [-0.2, 0) is 9.53 Å². The maximum atomic E-state index is 12.2. The lowest BCUT2D eigenvalue weighted by Crippen LogP contribution is -2.19. The number of hydrogen-bond acceptors (Lipinski definition) is 4. The molecule has 1 rings (SSSR count). The number of carbonyl (C=O) groups is 1. The zero-order valence-electron chi connectivity index (χ0n) is 14.3. The fourth-order valence-corrected chi connectivity index (χ4v) is 2.30. The Labute approximate surface area is 138 Å². The first-order valence-corrected chi connectivity index (χ1v) is 7.80. The molecule has 5 nitrogen and oxygen atoms in total. The molecule has 0 unspecified atom stereocenters. The fourth-order valence-electron chi connectivity index (χ4n) is 2.30. The Balaban J connectivity index is 2.66. The highest BCUT2D eigenvalue weighted by Gasteiger charge is 2.12. The predicted octanol–water partition coefficient (Wildman–Crippen LogP) is 2.97. The number of nitriles is 1. The lowest BCUT2D eigenvalue weighted by atomic mass is 10.0. The van der Waals surface area contributed by atoms with Gasteiger partial charge in [0.2, 0.25) is 0 Å². The second-order valence-electron chi connectivity index (χ2n) is 5.40. The first-order valence-electron chi connectivity index (χ1n) is 7.80. The Hall–Kier alpha value is -2.32. The summed E-state index contributed by atoms with van der Waals surface area (Å²) in [6.07, 6.45) is 2.28. The van der Waals surface area contributed by atoms with E-state index in [9.17, 15) is 4.79 Å². The molecule has 0 radical (unpaired) electrons. The number of aryl methyl sites for hydroxylation is 3. The lowest BCUT2D eigenvalue weighted by Gasteiger charge is -2.12. The molecule has 5 heteroatoms. The van der Waals surface area contributed by atoms with Gasteiger partial charge in [-0.2, -0.15) is 5.26 Å². The number of benzene rings is 1. The Morgan fingerprint density at radius 1 is 1.30 bits per heavy atom. The van der Waals surface area contributed by atoms with Gasteiger partial charge in [-0.3, -0.25) is 4.79 Å². The molecule has 0 saturated heterocycles. The van der Waals surface area contributed by atoms with Gasteiger partial charge in [0.15, 0.2) is 0 Å². The predicted molar refractivity (Wildman–Crippen MR) is 92.1 cm³/mol. The minimum atomic E-state index is -0.403. The Morgan fingerprint density at radius 3 is 2.52 bits per heavy atom. The van der Waals surface area contributed by atoms with Crippen molar-refractivity contribution in [1.82, 2.24) is 5.32 Å². The maximum Gasteiger partial charge on any atom is 0.267 e. The van der Waals surface area contributed by atoms with Crippen LogP contribution in [0.2, 0.25) is 0 Å². The zero-order valence-corrected chi connectivity index (χ0v) is 14.3. The molecule has 0 bridgehead atoms. The third kappa shape index (κ3) is 6.13. The first kappa shape index (κ1) is 18.7. The highest BCUT2D eigenvalue weighted by Crippen LogP contribution is 2.22. The Morgan fingerprint density at radius 2 is 1.96 bits per heavy atom. The smallest absolute Gasteiger partial charge is 0.267 e. The third-order valence-electron chi connectivity index (χ3n) is 3.34. The van der Waals surface area contributed by atoms with Crippen molar-refractivity contribution in [2.45, 2.75) is 34.1 Å². The van der Waals surface area contributed by atoms with Gasteiger partial charge < -0.3 is 15.4 Å². The van der Waals surface area contributed by atoms with Crippen LogP contribution in [0.5, 0.6) is 0 Å². The van der Waals surface area contributed by atoms with Crippen LogP contribution in [0.1, 0.15) is 30.0 Å². The van der Waals surface area contributed by atoms with Crippen LogP contribution >= 0.6 is 0 Å². The molecule has 1 aromatic rings. The summed E-state index contributed by atoms with van der Waals surface area (Å²) in [7, 11) is 0. The van der Waals surface area contributed by atoms with Crippen molar-refractivity contribution in [2.75, 3.05) is 25.1 Å². The monoisotopic (exact) mass is 315 g/mol. The summed E-state index contributed by atoms with van der Waals surface area (Å²) in [6.45, 7) is 9.85. The molecular weight excluding hydrogens is 290 g/mol. The van der Waals surface area contributed by atoms with Crippen LogP contribution in [0, 0.1) is 32.1 Å². The molecule has 0 heterocycles. The van der Waals surface area contributed by atoms with Crippen molar-refractivity contribution >= 4 is 11.6 Å². The van der Waals surface area contributed by atoms with Crippen molar-refractivity contribution in [2.24, 2.45) is 0 Å². The number of anilines is 1. The van der Waals surface area contributed by atoms with Crippen LogP contribution < -0.4 is 10.6 Å². The van der Waals surface area contributed by atoms with Crippen molar-refractivity contribution < 1.29 is 9.53 Å². The quantitative estimate of drug-likeness (QED) is 0.439. The molecule has 0 fully saturated rings. The highest BCUT2D eigenvalue weighted by atomic mass is 16.5. The first-order chi connectivity index (χ1) is 11.0. The number of amides is 1. The van der Waals surface area contributed by atoms with Gasteiger partial charge in [0.05, 0.1) is 0 Å². The van der Waals surface area contributed by atoms with Gasteiger partial charge >= 0.3 is 0 Å². The second kappa shape index (κ2) is 9.65. The molecular formula is C18H25N3O2. The molecule has 1 amide bonds. The number of ether oxygens (including phenoxy) is 1. The maximum absolute atomic E-state index is 12.2. The summed E-state index contributed by atoms with van der Waals surface area (Å²) in [5.74, 6) is -0.403. The molecule has 0 saturated carbocycles. The van der Waals surface area contributed by atoms with Crippen molar-refractivity contribution in [3.8, 4) is 6.07 Å². The fraction of sp³-hybridized carbons (Fsp3) is 0.444. The van der Waals surface area contributed by atoms with Gasteiger partial charge in [-0.1, -0.05) is 17.7 Å². The van der Waals surface area contributed by atoms with Gasteiger partial charge in [-0.15, -0.1) is 0 Å². The van der Waals surface area contributed by atoms with Gasteiger partial charge in [0.1, 0.15) is 11.6 Å². The number of hydrogen-bond donors (Lipinski definition) is 2. The molecule has 0 aromatic heterocycles. The highest BCUT2D eigenvalue weighted by molar-refractivity contribution is 6.07. The van der Waals surface area contributed by atoms with Crippen molar-refractivity contribution in [3.05, 3.63) is 40.6 Å². The summed E-state index contributed by atoms with van der Waals surface area (Å²) < 4.78 is 5.22. The van der Waals surface area contributed by atoms with Gasteiger partial charge in [0, 0.05) is 31.6 Å². The summed E-state index contributed by atoms with van der Waals surface area (Å²) >= 11 is 0. The molecule has 0 aliphatic rings. The number of rotatable bonds is 8. The Kier molecular flexibility index (Phi) is 7.86. The standard InChI is InChI=1S/C18H25N3O2/c1-5-23-8-6-7-20-12-16(11-19)18(22)21-17-14(3)9-13(2)10-15(17)4/h9-10,12,20H,5-8H2,1-4H3,(H,21,22)/b16-12-. The minimum Gasteiger partial charge on any atom is -0.390 e. The van der Waals surface area contributed by atoms with Crippen LogP contribution in [0.25, 0.3) is 0 Å². The van der Waals surface area contributed by atoms with E-state index in [0.717, 1.165) is 28.8 Å². The normalized spacial score (nSPS) is 11.0. The van der Waals surface area contributed by atoms with E-state index in [0.29, 0.717) is 19.8 Å². The largest absolute Gasteiger partial charge is 0.390 e. The van der Waals surface area contributed by atoms with Crippen molar-refractivity contribution in [3.63, 3.8) is 0 Å². The van der Waals surface area contributed by atoms with E-state index in [-0.39, 0.29) is 5.57 Å². The molecule has 1 aromatic carbocycles. The number of nitrogens with one attached hydrogen (secondary N) is 2. The molecule has 0 aliphatic carbocycles. The van der Waals surface area contributed by atoms with Gasteiger partial charge in [-0.25, -0.2) is 0 Å². The molecule has 23 heavy (non-hydrogen) atoms. The Bertz CT molecular complexity index is 592. The van der Waals surface area contributed by atoms with E-state index in [4.69, 9.17) is 10.00 Å². The molecule has 0 atom stereocenters. The van der Waals surface area contributed by atoms with E-state index >= 15 is 0 Å². The van der Waals surface area contributed by atoms with Gasteiger partial charge in [-0.05, 0) is 45.2 Å². The minimum absolute atomic E-state index is 0.0563. The van der Waals surface area contributed by atoms with Crippen molar-refractivity contribution in [1.29, 1.82) is 5.26 Å². The number of nitrogens with zero attached hydrogens (tertiary/aromatic N) is 1. The molecule has 0 spiro atoms. The van der Waals surface area contributed by atoms with Crippen LogP contribution in [0.3, 0.4) is 0 Å². The lowest BCUT2D eigenvalue weighted by molar-refractivity contribution is -0.112. The summed E-state index contributed by atoms with van der Waals surface area (Å²) in [4.78, 5) is 12.2. The molecule has 2 N–H and O–H groups in total. The average molecular weight is 315 g/mol. The topological polar surface area (TPSA) is 74.1 Å². The van der Waals surface area contributed by atoms with Crippen LogP contribution in [0.15, 0.2) is 23.9 Å². The average Bonchev–Trinajstić information content (AvgIpc) is 2.50. The third-order valence-corrected chi connectivity index (χ3v) is 3.34. The molecule has 124 valence electrons. The number of carbonyl (C=O) groups excluding carboxylic acids is 1. The van der Waals surface area contributed by atoms with Crippen LogP contribution in [0.4, 0.5) is 5.69 Å². The van der Waals surface area contributed by atoms with E-state index in [1.54, 1.807) is 0 Å².